The summed E-state index contributed by atoms with van der Waals surface area (Å²) < 4.78 is 0. The summed E-state index contributed by atoms with van der Waals surface area (Å²) >= 11 is 0. The minimum atomic E-state index is 0.0763. The summed E-state index contributed by atoms with van der Waals surface area (Å²) in [6.07, 6.45) is 1.60. The van der Waals surface area contributed by atoms with Gasteiger partial charge >= 0.3 is 0 Å². The highest BCUT2D eigenvalue weighted by Crippen LogP contribution is 2.40. The molecule has 2 unspecified atom stereocenters. The van der Waals surface area contributed by atoms with Gasteiger partial charge in [0.15, 0.2) is 11.6 Å². The lowest BCUT2D eigenvalue weighted by atomic mass is 9.90. The van der Waals surface area contributed by atoms with E-state index in [0.29, 0.717) is 0 Å². The highest BCUT2D eigenvalue weighted by atomic mass is 16.1. The van der Waals surface area contributed by atoms with Crippen molar-refractivity contribution in [2.45, 2.75) is 40.5 Å². The van der Waals surface area contributed by atoms with Crippen LogP contribution in [0.2, 0.25) is 0 Å². The van der Waals surface area contributed by atoms with Crippen LogP contribution in [0.25, 0.3) is 0 Å². The average Bonchev–Trinajstić information content (AvgIpc) is 2.78. The monoisotopic (exact) mass is 242 g/mol. The third-order valence-corrected chi connectivity index (χ3v) is 4.67. The number of fused-ring (bicyclic) bond motifs is 2. The Bertz CT molecular complexity index is 542. The summed E-state index contributed by atoms with van der Waals surface area (Å²) in [5, 5.41) is 0. The van der Waals surface area contributed by atoms with E-state index in [-0.39, 0.29) is 23.4 Å². The van der Waals surface area contributed by atoms with Crippen LogP contribution in [0, 0.1) is 25.7 Å². The van der Waals surface area contributed by atoms with Crippen molar-refractivity contribution < 1.29 is 9.59 Å². The molecule has 18 heavy (non-hydrogen) atoms. The van der Waals surface area contributed by atoms with Crippen LogP contribution in [0.3, 0.4) is 0 Å². The van der Waals surface area contributed by atoms with Crippen molar-refractivity contribution in [3.8, 4) is 0 Å². The minimum Gasteiger partial charge on any atom is -0.294 e. The van der Waals surface area contributed by atoms with Gasteiger partial charge in [0, 0.05) is 23.0 Å². The maximum absolute atomic E-state index is 12.2. The molecule has 1 aromatic carbocycles. The Morgan fingerprint density at radius 3 is 1.44 bits per heavy atom. The number of carbonyl (C=O) groups is 2. The van der Waals surface area contributed by atoms with Gasteiger partial charge in [-0.3, -0.25) is 9.59 Å². The summed E-state index contributed by atoms with van der Waals surface area (Å²) in [6.45, 7) is 7.99. The molecule has 0 aliphatic heterocycles. The summed E-state index contributed by atoms with van der Waals surface area (Å²) in [4.78, 5) is 24.5. The van der Waals surface area contributed by atoms with E-state index in [1.807, 2.05) is 27.7 Å². The Morgan fingerprint density at radius 1 is 0.778 bits per heavy atom. The lowest BCUT2D eigenvalue weighted by Crippen LogP contribution is -2.07. The van der Waals surface area contributed by atoms with Crippen LogP contribution >= 0.6 is 0 Å². The first-order chi connectivity index (χ1) is 8.43. The van der Waals surface area contributed by atoms with Gasteiger partial charge < -0.3 is 0 Å². The third-order valence-electron chi connectivity index (χ3n) is 4.67. The summed E-state index contributed by atoms with van der Waals surface area (Å²) in [5.74, 6) is 0.681. The van der Waals surface area contributed by atoms with Gasteiger partial charge in [-0.2, -0.15) is 0 Å². The van der Waals surface area contributed by atoms with Crippen molar-refractivity contribution in [3.63, 3.8) is 0 Å². The highest BCUT2D eigenvalue weighted by Gasteiger charge is 2.38. The number of Topliss-reactive ketones (excluding diaryl/α,β-unsaturated/α-hetero) is 2. The number of rotatable bonds is 0. The Morgan fingerprint density at radius 2 is 1.11 bits per heavy atom. The van der Waals surface area contributed by atoms with Gasteiger partial charge in [0.1, 0.15) is 0 Å². The van der Waals surface area contributed by atoms with Gasteiger partial charge in [0.05, 0.1) is 0 Å². The molecular weight excluding hydrogens is 224 g/mol. The summed E-state index contributed by atoms with van der Waals surface area (Å²) in [7, 11) is 0. The highest BCUT2D eigenvalue weighted by molar-refractivity contribution is 6.09. The minimum absolute atomic E-state index is 0.0763. The molecular formula is C16H18O2. The lowest BCUT2D eigenvalue weighted by molar-refractivity contribution is 0.0938. The second-order valence-electron chi connectivity index (χ2n) is 5.90. The fraction of sp³-hybridized carbons (Fsp3) is 0.500. The van der Waals surface area contributed by atoms with Gasteiger partial charge in [-0.05, 0) is 48.9 Å². The topological polar surface area (TPSA) is 34.1 Å². The third kappa shape index (κ3) is 1.23. The summed E-state index contributed by atoms with van der Waals surface area (Å²) in [6, 6.07) is 0. The van der Waals surface area contributed by atoms with E-state index in [1.165, 1.54) is 0 Å². The molecule has 0 radical (unpaired) electrons. The number of hydrogen-bond acceptors (Lipinski definition) is 2. The molecule has 2 heteroatoms. The fourth-order valence-corrected chi connectivity index (χ4v) is 3.60. The Kier molecular flexibility index (Phi) is 2.28. The first kappa shape index (κ1) is 11.6. The van der Waals surface area contributed by atoms with E-state index in [1.54, 1.807) is 0 Å². The zero-order chi connectivity index (χ0) is 13.2. The van der Waals surface area contributed by atoms with E-state index in [0.717, 1.165) is 46.2 Å². The summed E-state index contributed by atoms with van der Waals surface area (Å²) in [5.41, 5.74) is 6.23. The smallest absolute Gasteiger partial charge is 0.166 e. The second kappa shape index (κ2) is 3.53. The molecule has 0 spiro atoms. The lowest BCUT2D eigenvalue weighted by Gasteiger charge is -2.13. The molecule has 0 heterocycles. The molecule has 0 aromatic heterocycles. The van der Waals surface area contributed by atoms with Crippen molar-refractivity contribution in [3.05, 3.63) is 33.4 Å². The molecule has 94 valence electrons. The standard InChI is InChI=1S/C16H18O2/c1-7-5-11-9(3)14-12(6-8(2)16(14)18)10(4)13(11)15(7)17/h7-8H,5-6H2,1-4H3. The molecule has 0 saturated carbocycles. The zero-order valence-corrected chi connectivity index (χ0v) is 11.4. The van der Waals surface area contributed by atoms with Crippen LogP contribution in [0.15, 0.2) is 0 Å². The number of ketones is 2. The van der Waals surface area contributed by atoms with Crippen LogP contribution in [-0.4, -0.2) is 11.6 Å². The van der Waals surface area contributed by atoms with Crippen molar-refractivity contribution in [1.29, 1.82) is 0 Å². The molecule has 2 aliphatic rings. The Hall–Kier alpha value is -1.44. The first-order valence-corrected chi connectivity index (χ1v) is 6.66. The van der Waals surface area contributed by atoms with Gasteiger partial charge in [0.2, 0.25) is 0 Å². The van der Waals surface area contributed by atoms with Crippen LogP contribution in [0.5, 0.6) is 0 Å². The van der Waals surface area contributed by atoms with E-state index in [2.05, 4.69) is 0 Å². The van der Waals surface area contributed by atoms with E-state index in [4.69, 9.17) is 0 Å². The maximum Gasteiger partial charge on any atom is 0.166 e. The van der Waals surface area contributed by atoms with Gasteiger partial charge in [0.25, 0.3) is 0 Å². The molecule has 1 aromatic rings. The van der Waals surface area contributed by atoms with Crippen molar-refractivity contribution >= 4 is 11.6 Å². The van der Waals surface area contributed by atoms with Crippen molar-refractivity contribution in [1.82, 2.24) is 0 Å². The van der Waals surface area contributed by atoms with Gasteiger partial charge in [-0.15, -0.1) is 0 Å². The largest absolute Gasteiger partial charge is 0.294 e. The normalized spacial score (nSPS) is 25.6. The molecule has 3 rings (SSSR count). The maximum atomic E-state index is 12.2. The van der Waals surface area contributed by atoms with Gasteiger partial charge in [-0.1, -0.05) is 13.8 Å². The van der Waals surface area contributed by atoms with Crippen LogP contribution < -0.4 is 0 Å². The predicted octanol–water partition coefficient (Wildman–Crippen LogP) is 3.05. The average molecular weight is 242 g/mol. The molecule has 0 N–H and O–H groups in total. The Labute approximate surface area is 107 Å². The van der Waals surface area contributed by atoms with Crippen LogP contribution in [0.4, 0.5) is 0 Å². The van der Waals surface area contributed by atoms with Crippen LogP contribution in [0.1, 0.15) is 56.8 Å². The molecule has 2 nitrogen and oxygen atoms in total. The Balaban J connectivity index is 2.35. The predicted molar refractivity (Wildman–Crippen MR) is 70.3 cm³/mol. The zero-order valence-electron chi connectivity index (χ0n) is 11.4. The number of hydrogen-bond donors (Lipinski definition) is 0. The first-order valence-electron chi connectivity index (χ1n) is 6.66. The van der Waals surface area contributed by atoms with Gasteiger partial charge in [-0.25, -0.2) is 0 Å². The molecule has 2 atom stereocenters. The van der Waals surface area contributed by atoms with Crippen molar-refractivity contribution in [2.24, 2.45) is 11.8 Å². The SMILES string of the molecule is Cc1c2c(c(C)c3c1C(=O)C(C)C3)C(=O)C(C)C2. The number of benzene rings is 1. The fourth-order valence-electron chi connectivity index (χ4n) is 3.60. The van der Waals surface area contributed by atoms with E-state index in [9.17, 15) is 9.59 Å². The second-order valence-corrected chi connectivity index (χ2v) is 5.90. The molecule has 2 aliphatic carbocycles. The molecule has 0 amide bonds. The van der Waals surface area contributed by atoms with E-state index >= 15 is 0 Å². The molecule has 0 bridgehead atoms. The number of carbonyl (C=O) groups excluding carboxylic acids is 2. The van der Waals surface area contributed by atoms with E-state index < -0.39 is 0 Å². The molecule has 0 saturated heterocycles. The van der Waals surface area contributed by atoms with Crippen molar-refractivity contribution in [2.75, 3.05) is 0 Å². The van der Waals surface area contributed by atoms with Crippen LogP contribution in [-0.2, 0) is 12.8 Å². The molecule has 0 fully saturated rings. The quantitative estimate of drug-likeness (QED) is 0.700.